The topological polar surface area (TPSA) is 30.5 Å². The Morgan fingerprint density at radius 2 is 1.74 bits per heavy atom. The van der Waals surface area contributed by atoms with Crippen molar-refractivity contribution in [3.05, 3.63) is 52.5 Å². The predicted molar refractivity (Wildman–Crippen MR) is 81.0 cm³/mol. The van der Waals surface area contributed by atoms with Gasteiger partial charge in [0.2, 0.25) is 0 Å². The van der Waals surface area contributed by atoms with Crippen molar-refractivity contribution in [2.75, 3.05) is 19.5 Å². The van der Waals surface area contributed by atoms with Gasteiger partial charge in [-0.3, -0.25) is 0 Å². The summed E-state index contributed by atoms with van der Waals surface area (Å²) in [6, 6.07) is 13.9. The summed E-state index contributed by atoms with van der Waals surface area (Å²) < 4.78 is 11.6. The average molecular weight is 322 g/mol. The number of hydrogen-bond acceptors (Lipinski definition) is 3. The summed E-state index contributed by atoms with van der Waals surface area (Å²) in [7, 11) is 3.27. The molecule has 0 aliphatic rings. The van der Waals surface area contributed by atoms with Crippen LogP contribution in [0.1, 0.15) is 5.56 Å². The third-order valence-electron chi connectivity index (χ3n) is 2.82. The van der Waals surface area contributed by atoms with E-state index >= 15 is 0 Å². The van der Waals surface area contributed by atoms with Gasteiger partial charge in [-0.15, -0.1) is 0 Å². The summed E-state index contributed by atoms with van der Waals surface area (Å²) in [6.07, 6.45) is 0. The molecule has 0 fully saturated rings. The molecule has 1 N–H and O–H groups in total. The summed E-state index contributed by atoms with van der Waals surface area (Å²) in [5, 5.41) is 3.36. The van der Waals surface area contributed by atoms with Gasteiger partial charge in [-0.05, 0) is 23.8 Å². The zero-order valence-electron chi connectivity index (χ0n) is 10.9. The zero-order chi connectivity index (χ0) is 13.7. The van der Waals surface area contributed by atoms with E-state index in [1.165, 1.54) is 5.56 Å². The second-order valence-corrected chi connectivity index (χ2v) is 4.87. The first-order valence-electron chi connectivity index (χ1n) is 5.94. The van der Waals surface area contributed by atoms with Crippen LogP contribution in [0.4, 0.5) is 5.69 Å². The van der Waals surface area contributed by atoms with Crippen LogP contribution in [-0.4, -0.2) is 14.2 Å². The van der Waals surface area contributed by atoms with Crippen LogP contribution in [0.2, 0.25) is 0 Å². The maximum Gasteiger partial charge on any atom is 0.162 e. The summed E-state index contributed by atoms with van der Waals surface area (Å²) in [6.45, 7) is 0.747. The van der Waals surface area contributed by atoms with Crippen LogP contribution in [0.25, 0.3) is 0 Å². The van der Waals surface area contributed by atoms with Crippen LogP contribution < -0.4 is 14.8 Å². The van der Waals surface area contributed by atoms with Crippen molar-refractivity contribution in [3.8, 4) is 11.5 Å². The van der Waals surface area contributed by atoms with Gasteiger partial charge >= 0.3 is 0 Å². The second kappa shape index (κ2) is 6.48. The molecule has 19 heavy (non-hydrogen) atoms. The quantitative estimate of drug-likeness (QED) is 0.900. The monoisotopic (exact) mass is 321 g/mol. The van der Waals surface area contributed by atoms with Gasteiger partial charge in [-0.25, -0.2) is 0 Å². The van der Waals surface area contributed by atoms with Crippen molar-refractivity contribution >= 4 is 21.6 Å². The van der Waals surface area contributed by atoms with Crippen LogP contribution in [0.5, 0.6) is 11.5 Å². The molecule has 4 heteroatoms. The SMILES string of the molecule is COc1ccc(NCc2ccccc2Br)cc1OC. The Kier molecular flexibility index (Phi) is 4.68. The first-order valence-corrected chi connectivity index (χ1v) is 6.73. The average Bonchev–Trinajstić information content (AvgIpc) is 2.46. The molecule has 0 aliphatic carbocycles. The Bertz CT molecular complexity index is 558. The van der Waals surface area contributed by atoms with E-state index in [9.17, 15) is 0 Å². The molecule has 0 bridgehead atoms. The van der Waals surface area contributed by atoms with Gasteiger partial charge in [-0.2, -0.15) is 0 Å². The number of ether oxygens (including phenoxy) is 2. The van der Waals surface area contributed by atoms with Gasteiger partial charge in [0.15, 0.2) is 11.5 Å². The number of anilines is 1. The molecule has 0 radical (unpaired) electrons. The van der Waals surface area contributed by atoms with Crippen molar-refractivity contribution < 1.29 is 9.47 Å². The Labute approximate surface area is 121 Å². The summed E-state index contributed by atoms with van der Waals surface area (Å²) in [5.74, 6) is 1.45. The van der Waals surface area contributed by atoms with Gasteiger partial charge in [-0.1, -0.05) is 34.1 Å². The Morgan fingerprint density at radius 1 is 1.00 bits per heavy atom. The van der Waals surface area contributed by atoms with E-state index in [-0.39, 0.29) is 0 Å². The van der Waals surface area contributed by atoms with Gasteiger partial charge in [0.25, 0.3) is 0 Å². The lowest BCUT2D eigenvalue weighted by atomic mass is 10.2. The fraction of sp³-hybridized carbons (Fsp3) is 0.200. The predicted octanol–water partition coefficient (Wildman–Crippen LogP) is 4.08. The van der Waals surface area contributed by atoms with E-state index in [2.05, 4.69) is 27.3 Å². The third kappa shape index (κ3) is 3.41. The van der Waals surface area contributed by atoms with Crippen LogP contribution in [0.15, 0.2) is 46.9 Å². The maximum absolute atomic E-state index is 5.28. The summed E-state index contributed by atoms with van der Waals surface area (Å²) in [4.78, 5) is 0. The number of hydrogen-bond donors (Lipinski definition) is 1. The van der Waals surface area contributed by atoms with Crippen molar-refractivity contribution in [1.82, 2.24) is 0 Å². The highest BCUT2D eigenvalue weighted by atomic mass is 79.9. The van der Waals surface area contributed by atoms with Gasteiger partial charge in [0.1, 0.15) is 0 Å². The molecule has 2 aromatic carbocycles. The molecule has 3 nitrogen and oxygen atoms in total. The van der Waals surface area contributed by atoms with Crippen molar-refractivity contribution in [2.45, 2.75) is 6.54 Å². The highest BCUT2D eigenvalue weighted by Crippen LogP contribution is 2.30. The minimum Gasteiger partial charge on any atom is -0.493 e. The molecule has 0 aromatic heterocycles. The zero-order valence-corrected chi connectivity index (χ0v) is 12.5. The molecule has 2 rings (SSSR count). The largest absolute Gasteiger partial charge is 0.493 e. The van der Waals surface area contributed by atoms with Crippen molar-refractivity contribution in [2.24, 2.45) is 0 Å². The molecule has 0 atom stereocenters. The van der Waals surface area contributed by atoms with Crippen LogP contribution in [0, 0.1) is 0 Å². The lowest BCUT2D eigenvalue weighted by molar-refractivity contribution is 0.355. The summed E-state index contributed by atoms with van der Waals surface area (Å²) >= 11 is 3.54. The summed E-state index contributed by atoms with van der Waals surface area (Å²) in [5.41, 5.74) is 2.20. The molecule has 0 heterocycles. The number of benzene rings is 2. The molecule has 100 valence electrons. The smallest absolute Gasteiger partial charge is 0.162 e. The van der Waals surface area contributed by atoms with E-state index in [0.717, 1.165) is 28.2 Å². The molecule has 0 spiro atoms. The molecular formula is C15H16BrNO2. The molecule has 0 saturated carbocycles. The third-order valence-corrected chi connectivity index (χ3v) is 3.60. The van der Waals surface area contributed by atoms with Gasteiger partial charge in [0.05, 0.1) is 14.2 Å². The van der Waals surface area contributed by atoms with E-state index in [1.807, 2.05) is 36.4 Å². The second-order valence-electron chi connectivity index (χ2n) is 4.01. The number of methoxy groups -OCH3 is 2. The molecule has 0 amide bonds. The number of nitrogens with one attached hydrogen (secondary N) is 1. The van der Waals surface area contributed by atoms with Gasteiger partial charge < -0.3 is 14.8 Å². The highest BCUT2D eigenvalue weighted by Gasteiger charge is 2.04. The molecule has 0 saturated heterocycles. The van der Waals surface area contributed by atoms with E-state index in [4.69, 9.17) is 9.47 Å². The standard InChI is InChI=1S/C15H16BrNO2/c1-18-14-8-7-12(9-15(14)19-2)17-10-11-5-3-4-6-13(11)16/h3-9,17H,10H2,1-2H3. The Morgan fingerprint density at radius 3 is 2.42 bits per heavy atom. The Hall–Kier alpha value is -1.68. The van der Waals surface area contributed by atoms with Crippen molar-refractivity contribution in [1.29, 1.82) is 0 Å². The van der Waals surface area contributed by atoms with Crippen LogP contribution >= 0.6 is 15.9 Å². The number of halogens is 1. The lowest BCUT2D eigenvalue weighted by Crippen LogP contribution is -2.00. The molecule has 0 aliphatic heterocycles. The lowest BCUT2D eigenvalue weighted by Gasteiger charge is -2.12. The minimum atomic E-state index is 0.722. The van der Waals surface area contributed by atoms with E-state index < -0.39 is 0 Å². The fourth-order valence-electron chi connectivity index (χ4n) is 1.79. The van der Waals surface area contributed by atoms with Crippen LogP contribution in [-0.2, 0) is 6.54 Å². The van der Waals surface area contributed by atoms with E-state index in [1.54, 1.807) is 14.2 Å². The first-order chi connectivity index (χ1) is 9.24. The fourth-order valence-corrected chi connectivity index (χ4v) is 2.21. The molecular weight excluding hydrogens is 306 g/mol. The molecule has 2 aromatic rings. The Balaban J connectivity index is 2.10. The van der Waals surface area contributed by atoms with Crippen LogP contribution in [0.3, 0.4) is 0 Å². The van der Waals surface area contributed by atoms with E-state index in [0.29, 0.717) is 0 Å². The maximum atomic E-state index is 5.28. The minimum absolute atomic E-state index is 0.722. The first kappa shape index (κ1) is 13.7. The number of rotatable bonds is 5. The van der Waals surface area contributed by atoms with Crippen molar-refractivity contribution in [3.63, 3.8) is 0 Å². The highest BCUT2D eigenvalue weighted by molar-refractivity contribution is 9.10. The molecule has 0 unspecified atom stereocenters. The van der Waals surface area contributed by atoms with Gasteiger partial charge in [0, 0.05) is 22.8 Å². The normalized spacial score (nSPS) is 10.1.